The summed E-state index contributed by atoms with van der Waals surface area (Å²) >= 11 is 6.11. The quantitative estimate of drug-likeness (QED) is 0.653. The summed E-state index contributed by atoms with van der Waals surface area (Å²) in [6.07, 6.45) is 0.998. The monoisotopic (exact) mass is 401 g/mol. The van der Waals surface area contributed by atoms with Crippen LogP contribution in [0.1, 0.15) is 0 Å². The first-order chi connectivity index (χ1) is 12.1. The van der Waals surface area contributed by atoms with Crippen LogP contribution in [0.15, 0.2) is 53.6 Å². The van der Waals surface area contributed by atoms with Crippen molar-refractivity contribution in [2.75, 3.05) is 11.9 Å². The lowest BCUT2D eigenvalue weighted by Crippen LogP contribution is -2.23. The molecule has 26 heavy (non-hydrogen) atoms. The van der Waals surface area contributed by atoms with E-state index in [0.717, 1.165) is 23.7 Å². The van der Waals surface area contributed by atoms with E-state index in [9.17, 15) is 21.6 Å². The SMILES string of the molecule is CN(c1cc(S(=O)(=O)C(F)(F)F)ccn1)c1ccc2cccc(Cl)c2n1. The number of aromatic nitrogens is 2. The summed E-state index contributed by atoms with van der Waals surface area (Å²) < 4.78 is 61.4. The fraction of sp³-hybridized carbons (Fsp3) is 0.125. The van der Waals surface area contributed by atoms with E-state index in [1.807, 2.05) is 6.07 Å². The number of benzene rings is 1. The van der Waals surface area contributed by atoms with Gasteiger partial charge in [-0.3, -0.25) is 0 Å². The molecule has 0 N–H and O–H groups in total. The summed E-state index contributed by atoms with van der Waals surface area (Å²) in [4.78, 5) is 8.79. The van der Waals surface area contributed by atoms with Crippen LogP contribution < -0.4 is 4.90 Å². The minimum atomic E-state index is -5.46. The van der Waals surface area contributed by atoms with E-state index >= 15 is 0 Å². The molecular weight excluding hydrogens is 391 g/mol. The molecule has 5 nitrogen and oxygen atoms in total. The van der Waals surface area contributed by atoms with Gasteiger partial charge in [-0.05, 0) is 24.3 Å². The number of nitrogens with zero attached hydrogens (tertiary/aromatic N) is 3. The van der Waals surface area contributed by atoms with Gasteiger partial charge in [0.1, 0.15) is 11.6 Å². The van der Waals surface area contributed by atoms with Crippen molar-refractivity contribution in [2.24, 2.45) is 0 Å². The zero-order chi connectivity index (χ0) is 19.1. The number of pyridine rings is 2. The lowest BCUT2D eigenvalue weighted by molar-refractivity contribution is -0.0436. The third-order valence-corrected chi connectivity index (χ3v) is 5.46. The normalized spacial score (nSPS) is 12.3. The Morgan fingerprint density at radius 1 is 1.08 bits per heavy atom. The number of sulfone groups is 1. The Bertz CT molecular complexity index is 1090. The maximum atomic E-state index is 12.7. The van der Waals surface area contributed by atoms with Crippen LogP contribution in [0.2, 0.25) is 5.02 Å². The molecule has 0 spiro atoms. The number of para-hydroxylation sites is 1. The van der Waals surface area contributed by atoms with E-state index in [1.165, 1.54) is 11.9 Å². The predicted octanol–water partition coefficient (Wildman–Crippen LogP) is 4.34. The van der Waals surface area contributed by atoms with E-state index in [0.29, 0.717) is 16.4 Å². The largest absolute Gasteiger partial charge is 0.501 e. The molecule has 0 amide bonds. The number of hydrogen-bond acceptors (Lipinski definition) is 5. The Labute approximate surface area is 152 Å². The number of alkyl halides is 3. The molecule has 2 aromatic heterocycles. The predicted molar refractivity (Wildman–Crippen MR) is 92.3 cm³/mol. The fourth-order valence-corrected chi connectivity index (χ4v) is 3.28. The molecule has 0 unspecified atom stereocenters. The molecule has 3 rings (SSSR count). The Morgan fingerprint density at radius 2 is 1.81 bits per heavy atom. The maximum Gasteiger partial charge on any atom is 0.501 e. The van der Waals surface area contributed by atoms with Crippen LogP contribution in [0.25, 0.3) is 10.9 Å². The molecule has 136 valence electrons. The molecule has 0 bridgehead atoms. The Morgan fingerprint density at radius 3 is 2.50 bits per heavy atom. The van der Waals surface area contributed by atoms with E-state index in [1.54, 1.807) is 24.3 Å². The van der Waals surface area contributed by atoms with Crippen LogP contribution in [0.4, 0.5) is 24.8 Å². The first-order valence-electron chi connectivity index (χ1n) is 7.18. The van der Waals surface area contributed by atoms with E-state index in [4.69, 9.17) is 11.6 Å². The van der Waals surface area contributed by atoms with Crippen molar-refractivity contribution >= 4 is 44.0 Å². The van der Waals surface area contributed by atoms with Gasteiger partial charge in [-0.2, -0.15) is 13.2 Å². The van der Waals surface area contributed by atoms with Gasteiger partial charge >= 0.3 is 5.51 Å². The number of rotatable bonds is 3. The van der Waals surface area contributed by atoms with Crippen LogP contribution in [-0.2, 0) is 9.84 Å². The van der Waals surface area contributed by atoms with Crippen molar-refractivity contribution in [3.8, 4) is 0 Å². The number of fused-ring (bicyclic) bond motifs is 1. The lowest BCUT2D eigenvalue weighted by Gasteiger charge is -2.18. The summed E-state index contributed by atoms with van der Waals surface area (Å²) in [6, 6.07) is 10.3. The standard InChI is InChI=1S/C16H11ClF3N3O2S/c1-23(13-6-5-10-3-2-4-12(17)15(10)22-13)14-9-11(7-8-21-14)26(24,25)16(18,19)20/h2-9H,1H3. The fourth-order valence-electron chi connectivity index (χ4n) is 2.29. The summed E-state index contributed by atoms with van der Waals surface area (Å²) in [7, 11) is -3.95. The highest BCUT2D eigenvalue weighted by atomic mass is 35.5. The van der Waals surface area contributed by atoms with Gasteiger partial charge in [0.05, 0.1) is 15.4 Å². The van der Waals surface area contributed by atoms with Crippen molar-refractivity contribution in [1.82, 2.24) is 9.97 Å². The van der Waals surface area contributed by atoms with Crippen LogP contribution in [0.3, 0.4) is 0 Å². The number of hydrogen-bond donors (Lipinski definition) is 0. The van der Waals surface area contributed by atoms with Gasteiger partial charge in [-0.25, -0.2) is 18.4 Å². The Hall–Kier alpha value is -2.39. The summed E-state index contributed by atoms with van der Waals surface area (Å²) in [6.45, 7) is 0. The highest BCUT2D eigenvalue weighted by Gasteiger charge is 2.47. The third-order valence-electron chi connectivity index (χ3n) is 3.68. The summed E-state index contributed by atoms with van der Waals surface area (Å²) in [5.41, 5.74) is -4.88. The van der Waals surface area contributed by atoms with Crippen molar-refractivity contribution in [1.29, 1.82) is 0 Å². The average molecular weight is 402 g/mol. The number of anilines is 2. The second-order valence-corrected chi connectivity index (χ2v) is 7.69. The zero-order valence-corrected chi connectivity index (χ0v) is 14.8. The molecule has 0 aliphatic carbocycles. The van der Waals surface area contributed by atoms with Crippen molar-refractivity contribution in [3.63, 3.8) is 0 Å². The minimum absolute atomic E-state index is 0.00534. The summed E-state index contributed by atoms with van der Waals surface area (Å²) in [5, 5.41) is 1.20. The van der Waals surface area contributed by atoms with Crippen molar-refractivity contribution in [3.05, 3.63) is 53.7 Å². The smallest absolute Gasteiger partial charge is 0.314 e. The van der Waals surface area contributed by atoms with Gasteiger partial charge in [-0.15, -0.1) is 0 Å². The molecule has 0 saturated heterocycles. The van der Waals surface area contributed by atoms with E-state index in [2.05, 4.69) is 9.97 Å². The average Bonchev–Trinajstić information content (AvgIpc) is 2.60. The van der Waals surface area contributed by atoms with E-state index in [-0.39, 0.29) is 5.82 Å². The highest BCUT2D eigenvalue weighted by molar-refractivity contribution is 7.92. The first-order valence-corrected chi connectivity index (χ1v) is 9.04. The molecule has 3 aromatic rings. The van der Waals surface area contributed by atoms with Gasteiger partial charge in [0.2, 0.25) is 0 Å². The van der Waals surface area contributed by atoms with Crippen molar-refractivity contribution < 1.29 is 21.6 Å². The molecule has 0 aliphatic rings. The van der Waals surface area contributed by atoms with E-state index < -0.39 is 20.2 Å². The highest BCUT2D eigenvalue weighted by Crippen LogP contribution is 2.32. The van der Waals surface area contributed by atoms with Crippen LogP contribution in [0.5, 0.6) is 0 Å². The molecule has 1 aromatic carbocycles. The molecular formula is C16H11ClF3N3O2S. The molecule has 0 aliphatic heterocycles. The second kappa shape index (κ2) is 6.40. The molecule has 2 heterocycles. The zero-order valence-electron chi connectivity index (χ0n) is 13.2. The third kappa shape index (κ3) is 3.19. The second-order valence-electron chi connectivity index (χ2n) is 5.34. The van der Waals surface area contributed by atoms with Crippen LogP contribution in [0, 0.1) is 0 Å². The van der Waals surface area contributed by atoms with Gasteiger partial charge in [0, 0.05) is 24.7 Å². The van der Waals surface area contributed by atoms with Gasteiger partial charge in [0.25, 0.3) is 9.84 Å². The van der Waals surface area contributed by atoms with Gasteiger partial charge in [0.15, 0.2) is 0 Å². The van der Waals surface area contributed by atoms with Crippen LogP contribution >= 0.6 is 11.6 Å². The molecule has 0 atom stereocenters. The molecule has 0 saturated carbocycles. The first kappa shape index (κ1) is 18.4. The van der Waals surface area contributed by atoms with Gasteiger partial charge in [-0.1, -0.05) is 23.7 Å². The molecule has 0 fully saturated rings. The Balaban J connectivity index is 2.05. The topological polar surface area (TPSA) is 63.2 Å². The minimum Gasteiger partial charge on any atom is -0.314 e. The molecule has 0 radical (unpaired) electrons. The van der Waals surface area contributed by atoms with Crippen molar-refractivity contribution in [2.45, 2.75) is 10.4 Å². The Kier molecular flexibility index (Phi) is 4.53. The lowest BCUT2D eigenvalue weighted by atomic mass is 10.2. The summed E-state index contributed by atoms with van der Waals surface area (Å²) in [5.74, 6) is 0.342. The maximum absolute atomic E-state index is 12.7. The molecule has 10 heteroatoms. The van der Waals surface area contributed by atoms with Crippen LogP contribution in [-0.4, -0.2) is 30.9 Å². The van der Waals surface area contributed by atoms with Gasteiger partial charge < -0.3 is 4.90 Å². The number of halogens is 4.